The van der Waals surface area contributed by atoms with Gasteiger partial charge in [-0.1, -0.05) is 6.07 Å². The van der Waals surface area contributed by atoms with E-state index in [2.05, 4.69) is 21.9 Å². The number of carboxylic acid groups (broad SMARTS) is 2. The van der Waals surface area contributed by atoms with Crippen LogP contribution in [0.1, 0.15) is 12.5 Å². The van der Waals surface area contributed by atoms with Crippen molar-refractivity contribution in [2.75, 3.05) is 44.8 Å². The molecule has 1 aliphatic rings. The lowest BCUT2D eigenvalue weighted by Gasteiger charge is -2.36. The van der Waals surface area contributed by atoms with Crippen molar-refractivity contribution in [3.05, 3.63) is 48.0 Å². The minimum absolute atomic E-state index is 0.204. The van der Waals surface area contributed by atoms with Crippen molar-refractivity contribution in [2.24, 2.45) is 0 Å². The van der Waals surface area contributed by atoms with Crippen LogP contribution in [0.4, 0.5) is 5.69 Å². The molecule has 2 aromatic carbocycles. The van der Waals surface area contributed by atoms with Gasteiger partial charge in [0, 0.05) is 38.4 Å². The molecule has 9 nitrogen and oxygen atoms in total. The average Bonchev–Trinajstić information content (AvgIpc) is 2.77. The summed E-state index contributed by atoms with van der Waals surface area (Å²) >= 11 is 0. The van der Waals surface area contributed by atoms with E-state index in [4.69, 9.17) is 29.3 Å². The van der Waals surface area contributed by atoms with E-state index < -0.39 is 11.9 Å². The number of ether oxygens (including phenoxy) is 2. The molecule has 31 heavy (non-hydrogen) atoms. The number of phenolic OH excluding ortho intramolecular Hbond substituents is 1. The van der Waals surface area contributed by atoms with E-state index in [1.54, 1.807) is 13.2 Å². The van der Waals surface area contributed by atoms with Gasteiger partial charge in [-0.15, -0.1) is 0 Å². The maximum Gasteiger partial charge on any atom is 0.414 e. The molecule has 0 spiro atoms. The number of anilines is 1. The topological polar surface area (TPSA) is 120 Å². The number of hydrogen-bond donors (Lipinski definition) is 3. The second-order valence-electron chi connectivity index (χ2n) is 6.81. The second kappa shape index (κ2) is 11.7. The average molecular weight is 432 g/mol. The molecule has 0 aliphatic carbocycles. The molecule has 1 saturated heterocycles. The Morgan fingerprint density at radius 2 is 1.58 bits per heavy atom. The fraction of sp³-hybridized carbons (Fsp3) is 0.364. The zero-order chi connectivity index (χ0) is 22.8. The van der Waals surface area contributed by atoms with E-state index in [1.165, 1.54) is 11.3 Å². The van der Waals surface area contributed by atoms with E-state index in [0.717, 1.165) is 38.5 Å². The molecule has 168 valence electrons. The van der Waals surface area contributed by atoms with Crippen LogP contribution in [0, 0.1) is 0 Å². The third-order valence-electron chi connectivity index (χ3n) is 4.72. The molecule has 0 amide bonds. The number of nitrogens with zero attached hydrogens (tertiary/aromatic N) is 2. The Labute approximate surface area is 181 Å². The Morgan fingerprint density at radius 1 is 0.968 bits per heavy atom. The highest BCUT2D eigenvalue weighted by atomic mass is 16.5. The second-order valence-corrected chi connectivity index (χ2v) is 6.81. The molecule has 0 unspecified atom stereocenters. The largest absolute Gasteiger partial charge is 0.504 e. The van der Waals surface area contributed by atoms with Crippen LogP contribution in [0.2, 0.25) is 0 Å². The summed E-state index contributed by atoms with van der Waals surface area (Å²) in [7, 11) is 1.69. The van der Waals surface area contributed by atoms with E-state index in [9.17, 15) is 5.11 Å². The minimum atomic E-state index is -1.82. The Morgan fingerprint density at radius 3 is 2.10 bits per heavy atom. The van der Waals surface area contributed by atoms with Crippen LogP contribution >= 0.6 is 0 Å². The van der Waals surface area contributed by atoms with Gasteiger partial charge in [0.05, 0.1) is 13.7 Å². The van der Waals surface area contributed by atoms with Gasteiger partial charge in [-0.05, 0) is 48.9 Å². The normalized spacial score (nSPS) is 13.7. The number of carbonyl (C=O) groups is 2. The van der Waals surface area contributed by atoms with Gasteiger partial charge >= 0.3 is 11.9 Å². The fourth-order valence-electron chi connectivity index (χ4n) is 3.14. The van der Waals surface area contributed by atoms with Crippen LogP contribution in [0.3, 0.4) is 0 Å². The third kappa shape index (κ3) is 7.38. The van der Waals surface area contributed by atoms with Crippen LogP contribution in [-0.4, -0.2) is 72.1 Å². The number of methoxy groups -OCH3 is 1. The zero-order valence-electron chi connectivity index (χ0n) is 17.7. The highest BCUT2D eigenvalue weighted by Gasteiger charge is 2.18. The van der Waals surface area contributed by atoms with Crippen molar-refractivity contribution >= 4 is 17.6 Å². The lowest BCUT2D eigenvalue weighted by Crippen LogP contribution is -2.45. The molecule has 1 heterocycles. The lowest BCUT2D eigenvalue weighted by molar-refractivity contribution is -0.159. The van der Waals surface area contributed by atoms with Crippen molar-refractivity contribution in [3.63, 3.8) is 0 Å². The molecule has 0 aromatic heterocycles. The van der Waals surface area contributed by atoms with Crippen molar-refractivity contribution in [2.45, 2.75) is 13.5 Å². The highest BCUT2D eigenvalue weighted by Crippen LogP contribution is 2.28. The molecular formula is C22H28N2O7. The van der Waals surface area contributed by atoms with E-state index in [0.29, 0.717) is 12.4 Å². The first-order chi connectivity index (χ1) is 14.8. The SMILES string of the molecule is CCOc1cc(CN2CCN(c3ccc(OC)cc3)CC2)ccc1O.O=C(O)C(=O)O. The van der Waals surface area contributed by atoms with Crippen molar-refractivity contribution in [3.8, 4) is 17.2 Å². The maximum atomic E-state index is 9.82. The Kier molecular flexibility index (Phi) is 8.95. The monoisotopic (exact) mass is 432 g/mol. The summed E-state index contributed by atoms with van der Waals surface area (Å²) in [6.45, 7) is 7.37. The quantitative estimate of drug-likeness (QED) is 0.591. The zero-order valence-corrected chi connectivity index (χ0v) is 17.7. The molecule has 0 radical (unpaired) electrons. The molecule has 1 aliphatic heterocycles. The Balaban J connectivity index is 0.000000501. The number of benzene rings is 2. The van der Waals surface area contributed by atoms with E-state index in [1.807, 2.05) is 31.2 Å². The summed E-state index contributed by atoms with van der Waals surface area (Å²) in [5, 5.41) is 24.6. The summed E-state index contributed by atoms with van der Waals surface area (Å²) in [5.74, 6) is -1.99. The van der Waals surface area contributed by atoms with Crippen molar-refractivity contribution in [1.29, 1.82) is 0 Å². The van der Waals surface area contributed by atoms with Gasteiger partial charge in [0.2, 0.25) is 0 Å². The number of rotatable bonds is 6. The molecule has 0 bridgehead atoms. The molecule has 1 fully saturated rings. The van der Waals surface area contributed by atoms with Crippen LogP contribution in [-0.2, 0) is 16.1 Å². The first-order valence-corrected chi connectivity index (χ1v) is 9.86. The fourth-order valence-corrected chi connectivity index (χ4v) is 3.14. The van der Waals surface area contributed by atoms with E-state index >= 15 is 0 Å². The molecule has 2 aromatic rings. The molecule has 3 N–H and O–H groups in total. The Bertz CT molecular complexity index is 851. The van der Waals surface area contributed by atoms with Gasteiger partial charge in [0.1, 0.15) is 5.75 Å². The highest BCUT2D eigenvalue weighted by molar-refractivity contribution is 6.27. The minimum Gasteiger partial charge on any atom is -0.504 e. The molecule has 9 heteroatoms. The van der Waals surface area contributed by atoms with Crippen LogP contribution in [0.25, 0.3) is 0 Å². The molecule has 0 atom stereocenters. The summed E-state index contributed by atoms with van der Waals surface area (Å²) < 4.78 is 10.7. The number of carboxylic acids is 2. The van der Waals surface area contributed by atoms with Gasteiger partial charge in [-0.25, -0.2) is 9.59 Å². The predicted molar refractivity (Wildman–Crippen MR) is 115 cm³/mol. The summed E-state index contributed by atoms with van der Waals surface area (Å²) in [6.07, 6.45) is 0. The van der Waals surface area contributed by atoms with Gasteiger partial charge < -0.3 is 29.7 Å². The Hall–Kier alpha value is -3.46. The van der Waals surface area contributed by atoms with E-state index in [-0.39, 0.29) is 5.75 Å². The van der Waals surface area contributed by atoms with Crippen LogP contribution in [0.15, 0.2) is 42.5 Å². The number of aliphatic carboxylic acids is 2. The lowest BCUT2D eigenvalue weighted by atomic mass is 10.1. The molecular weight excluding hydrogens is 404 g/mol. The summed E-state index contributed by atoms with van der Waals surface area (Å²) in [5.41, 5.74) is 2.41. The van der Waals surface area contributed by atoms with Gasteiger partial charge in [0.15, 0.2) is 11.5 Å². The van der Waals surface area contributed by atoms with Crippen molar-refractivity contribution < 1.29 is 34.4 Å². The van der Waals surface area contributed by atoms with Gasteiger partial charge in [-0.3, -0.25) is 4.90 Å². The standard InChI is InChI=1S/C20H26N2O3.C2H2O4/c1-3-25-20-14-16(4-9-19(20)23)15-21-10-12-22(13-11-21)17-5-7-18(24-2)8-6-17;3-1(4)2(5)6/h4-9,14,23H,3,10-13,15H2,1-2H3;(H,3,4)(H,5,6). The van der Waals surface area contributed by atoms with Gasteiger partial charge in [-0.2, -0.15) is 0 Å². The van der Waals surface area contributed by atoms with Crippen LogP contribution < -0.4 is 14.4 Å². The third-order valence-corrected chi connectivity index (χ3v) is 4.72. The van der Waals surface area contributed by atoms with Gasteiger partial charge in [0.25, 0.3) is 0 Å². The smallest absolute Gasteiger partial charge is 0.414 e. The predicted octanol–water partition coefficient (Wildman–Crippen LogP) is 2.28. The first kappa shape index (κ1) is 23.8. The number of phenols is 1. The maximum absolute atomic E-state index is 9.82. The summed E-state index contributed by atoms with van der Waals surface area (Å²) in [4.78, 5) is 23.0. The number of aromatic hydroxyl groups is 1. The summed E-state index contributed by atoms with van der Waals surface area (Å²) in [6, 6.07) is 13.9. The molecule has 0 saturated carbocycles. The van der Waals surface area contributed by atoms with Crippen molar-refractivity contribution in [1.82, 2.24) is 4.90 Å². The number of piperazine rings is 1. The van der Waals surface area contributed by atoms with Crippen LogP contribution in [0.5, 0.6) is 17.2 Å². The number of hydrogen-bond acceptors (Lipinski definition) is 7. The first-order valence-electron chi connectivity index (χ1n) is 9.86. The molecule has 3 rings (SSSR count).